The fraction of sp³-hybridized carbons (Fsp3) is 0.0800. The van der Waals surface area contributed by atoms with Gasteiger partial charge in [-0.05, 0) is 54.4 Å². The van der Waals surface area contributed by atoms with Crippen LogP contribution < -0.4 is 14.9 Å². The lowest BCUT2D eigenvalue weighted by atomic mass is 10.1. The van der Waals surface area contributed by atoms with Crippen molar-refractivity contribution in [1.29, 1.82) is 0 Å². The number of carbonyl (C=O) groups excluding carboxylic acids is 2. The number of hydrogen-bond acceptors (Lipinski definition) is 5. The summed E-state index contributed by atoms with van der Waals surface area (Å²) in [6.07, 6.45) is 3.80. The summed E-state index contributed by atoms with van der Waals surface area (Å²) in [5.74, 6) is -0.0329. The molecule has 1 N–H and O–H groups in total. The lowest BCUT2D eigenvalue weighted by Crippen LogP contribution is -2.24. The molecule has 1 amide bonds. The minimum Gasteiger partial charge on any atom is -0.483 e. The van der Waals surface area contributed by atoms with Crippen molar-refractivity contribution in [3.8, 4) is 11.5 Å². The Hall–Kier alpha value is -3.90. The van der Waals surface area contributed by atoms with Gasteiger partial charge in [0, 0.05) is 10.6 Å². The number of allylic oxidation sites excluding steroid dienone is 1. The highest BCUT2D eigenvalue weighted by atomic mass is 35.5. The maximum absolute atomic E-state index is 12.4. The van der Waals surface area contributed by atoms with E-state index in [1.165, 1.54) is 6.21 Å². The number of rotatable bonds is 9. The highest BCUT2D eigenvalue weighted by molar-refractivity contribution is 6.30. The third-order valence-corrected chi connectivity index (χ3v) is 4.54. The van der Waals surface area contributed by atoms with Crippen LogP contribution in [0.3, 0.4) is 0 Å². The fourth-order valence-corrected chi connectivity index (χ4v) is 2.87. The second-order valence-electron chi connectivity index (χ2n) is 6.62. The Bertz CT molecular complexity index is 1130. The molecule has 0 heterocycles. The molecule has 32 heavy (non-hydrogen) atoms. The second kappa shape index (κ2) is 11.5. The average molecular weight is 449 g/mol. The number of benzene rings is 3. The van der Waals surface area contributed by atoms with Gasteiger partial charge >= 0.3 is 5.97 Å². The van der Waals surface area contributed by atoms with Gasteiger partial charge < -0.3 is 9.47 Å². The molecule has 0 aliphatic carbocycles. The summed E-state index contributed by atoms with van der Waals surface area (Å²) in [6.45, 7) is 3.52. The molecule has 162 valence electrons. The van der Waals surface area contributed by atoms with E-state index in [2.05, 4.69) is 17.1 Å². The van der Waals surface area contributed by atoms with Crippen LogP contribution in [0, 0.1) is 0 Å². The normalized spacial score (nSPS) is 10.5. The summed E-state index contributed by atoms with van der Waals surface area (Å²) in [6, 6.07) is 20.7. The van der Waals surface area contributed by atoms with Crippen LogP contribution in [0.1, 0.15) is 21.5 Å². The van der Waals surface area contributed by atoms with Gasteiger partial charge in [-0.15, -0.1) is 6.58 Å². The standard InChI is InChI=1S/C25H21ClN2O4/c1-2-7-18-8-3-5-10-22(18)31-17-24(29)28-27-16-20-9-4-6-11-23(20)32-25(30)19-12-14-21(26)15-13-19/h2-6,8-16H,1,7,17H2,(H,28,29). The molecule has 0 bridgehead atoms. The predicted molar refractivity (Wildman–Crippen MR) is 124 cm³/mol. The first kappa shape index (κ1) is 22.8. The molecule has 3 aromatic rings. The molecule has 3 rings (SSSR count). The first-order valence-corrected chi connectivity index (χ1v) is 10.1. The van der Waals surface area contributed by atoms with Gasteiger partial charge in [0.05, 0.1) is 11.8 Å². The van der Waals surface area contributed by atoms with Crippen LogP contribution in [0.25, 0.3) is 0 Å². The molecule has 0 atom stereocenters. The van der Waals surface area contributed by atoms with Gasteiger partial charge in [-0.25, -0.2) is 10.2 Å². The molecule has 0 aliphatic rings. The zero-order valence-electron chi connectivity index (χ0n) is 17.2. The van der Waals surface area contributed by atoms with Gasteiger partial charge in [-0.2, -0.15) is 5.10 Å². The van der Waals surface area contributed by atoms with Gasteiger partial charge in [-0.3, -0.25) is 4.79 Å². The van der Waals surface area contributed by atoms with E-state index in [1.807, 2.05) is 18.2 Å². The minimum absolute atomic E-state index is 0.196. The Morgan fingerprint density at radius 2 is 1.66 bits per heavy atom. The van der Waals surface area contributed by atoms with Crippen LogP contribution in [-0.4, -0.2) is 24.7 Å². The summed E-state index contributed by atoms with van der Waals surface area (Å²) >= 11 is 5.85. The van der Waals surface area contributed by atoms with E-state index >= 15 is 0 Å². The van der Waals surface area contributed by atoms with E-state index in [4.69, 9.17) is 21.1 Å². The predicted octanol–water partition coefficient (Wildman–Crippen LogP) is 4.82. The average Bonchev–Trinajstić information content (AvgIpc) is 2.80. The summed E-state index contributed by atoms with van der Waals surface area (Å²) in [4.78, 5) is 24.4. The Kier molecular flexibility index (Phi) is 8.17. The van der Waals surface area contributed by atoms with Crippen molar-refractivity contribution in [1.82, 2.24) is 5.43 Å². The first-order valence-electron chi connectivity index (χ1n) is 9.77. The van der Waals surface area contributed by atoms with Crippen molar-refractivity contribution in [3.05, 3.63) is 107 Å². The molecule has 0 saturated carbocycles. The highest BCUT2D eigenvalue weighted by Gasteiger charge is 2.11. The van der Waals surface area contributed by atoms with Crippen molar-refractivity contribution in [2.24, 2.45) is 5.10 Å². The van der Waals surface area contributed by atoms with E-state index < -0.39 is 11.9 Å². The minimum atomic E-state index is -0.529. The second-order valence-corrected chi connectivity index (χ2v) is 7.05. The van der Waals surface area contributed by atoms with Crippen molar-refractivity contribution >= 4 is 29.7 Å². The van der Waals surface area contributed by atoms with Crippen molar-refractivity contribution in [2.45, 2.75) is 6.42 Å². The maximum atomic E-state index is 12.4. The van der Waals surface area contributed by atoms with Crippen molar-refractivity contribution in [3.63, 3.8) is 0 Å². The van der Waals surface area contributed by atoms with E-state index in [-0.39, 0.29) is 6.61 Å². The van der Waals surface area contributed by atoms with Crippen LogP contribution in [0.5, 0.6) is 11.5 Å². The Morgan fingerprint density at radius 1 is 0.969 bits per heavy atom. The van der Waals surface area contributed by atoms with E-state index in [0.29, 0.717) is 34.1 Å². The lowest BCUT2D eigenvalue weighted by molar-refractivity contribution is -0.123. The van der Waals surface area contributed by atoms with Gasteiger partial charge in [0.2, 0.25) is 0 Å². The Morgan fingerprint density at radius 3 is 2.41 bits per heavy atom. The quantitative estimate of drug-likeness (QED) is 0.167. The fourth-order valence-electron chi connectivity index (χ4n) is 2.74. The molecule has 0 unspecified atom stereocenters. The molecule has 0 aliphatic heterocycles. The van der Waals surface area contributed by atoms with Crippen molar-refractivity contribution < 1.29 is 19.1 Å². The Balaban J connectivity index is 1.57. The smallest absolute Gasteiger partial charge is 0.343 e. The van der Waals surface area contributed by atoms with E-state index in [0.717, 1.165) is 5.56 Å². The monoisotopic (exact) mass is 448 g/mol. The van der Waals surface area contributed by atoms with Crippen LogP contribution in [-0.2, 0) is 11.2 Å². The number of para-hydroxylation sites is 2. The molecule has 0 saturated heterocycles. The zero-order chi connectivity index (χ0) is 22.8. The van der Waals surface area contributed by atoms with Crippen LogP contribution in [0.15, 0.2) is 90.6 Å². The molecule has 6 nitrogen and oxygen atoms in total. The van der Waals surface area contributed by atoms with Gasteiger partial charge in [0.25, 0.3) is 5.91 Å². The highest BCUT2D eigenvalue weighted by Crippen LogP contribution is 2.19. The topological polar surface area (TPSA) is 77.0 Å². The molecule has 0 radical (unpaired) electrons. The number of halogens is 1. The molecule has 0 spiro atoms. The van der Waals surface area contributed by atoms with Gasteiger partial charge in [-0.1, -0.05) is 48.0 Å². The number of ether oxygens (including phenoxy) is 2. The zero-order valence-corrected chi connectivity index (χ0v) is 17.9. The van der Waals surface area contributed by atoms with Crippen molar-refractivity contribution in [2.75, 3.05) is 6.61 Å². The third-order valence-electron chi connectivity index (χ3n) is 4.29. The number of carbonyl (C=O) groups is 2. The van der Waals surface area contributed by atoms with Crippen LogP contribution in [0.2, 0.25) is 5.02 Å². The van der Waals surface area contributed by atoms with Gasteiger partial charge in [0.15, 0.2) is 6.61 Å². The largest absolute Gasteiger partial charge is 0.483 e. The van der Waals surface area contributed by atoms with Crippen LogP contribution >= 0.6 is 11.6 Å². The Labute approximate surface area is 191 Å². The summed E-state index contributed by atoms with van der Waals surface area (Å²) in [5, 5.41) is 4.46. The number of nitrogens with zero attached hydrogens (tertiary/aromatic N) is 1. The molecule has 3 aromatic carbocycles. The number of amides is 1. The first-order chi connectivity index (χ1) is 15.6. The molecule has 7 heteroatoms. The number of hydrazone groups is 1. The SMILES string of the molecule is C=CCc1ccccc1OCC(=O)NN=Cc1ccccc1OC(=O)c1ccc(Cl)cc1. The molecular formula is C25H21ClN2O4. The van der Waals surface area contributed by atoms with Gasteiger partial charge in [0.1, 0.15) is 11.5 Å². The maximum Gasteiger partial charge on any atom is 0.343 e. The number of esters is 1. The number of hydrogen-bond donors (Lipinski definition) is 1. The summed E-state index contributed by atoms with van der Waals surface area (Å²) in [7, 11) is 0. The van der Waals surface area contributed by atoms with E-state index in [9.17, 15) is 9.59 Å². The lowest BCUT2D eigenvalue weighted by Gasteiger charge is -2.09. The molecule has 0 fully saturated rings. The summed E-state index contributed by atoms with van der Waals surface area (Å²) in [5.41, 5.74) is 4.23. The molecular weight excluding hydrogens is 428 g/mol. The molecule has 0 aromatic heterocycles. The van der Waals surface area contributed by atoms with E-state index in [1.54, 1.807) is 60.7 Å². The third kappa shape index (κ3) is 6.55. The number of nitrogens with one attached hydrogen (secondary N) is 1. The summed E-state index contributed by atoms with van der Waals surface area (Å²) < 4.78 is 11.0. The van der Waals surface area contributed by atoms with Crippen LogP contribution in [0.4, 0.5) is 0 Å².